The summed E-state index contributed by atoms with van der Waals surface area (Å²) in [5.41, 5.74) is -1.18. The first-order valence-electron chi connectivity index (χ1n) is 5.99. The molecule has 10 heteroatoms. The number of halogens is 2. The molecule has 118 valence electrons. The number of carbonyl (C=O) groups is 1. The highest BCUT2D eigenvalue weighted by molar-refractivity contribution is 14.1. The van der Waals surface area contributed by atoms with Crippen LogP contribution >= 0.6 is 34.2 Å². The van der Waals surface area contributed by atoms with Crippen molar-refractivity contribution in [3.05, 3.63) is 70.8 Å². The van der Waals surface area contributed by atoms with E-state index in [1.807, 2.05) is 0 Å². The van der Waals surface area contributed by atoms with Crippen LogP contribution in [0.4, 0.5) is 17.1 Å². The summed E-state index contributed by atoms with van der Waals surface area (Å²) < 4.78 is 0.957. The van der Waals surface area contributed by atoms with Gasteiger partial charge < -0.3 is 5.32 Å². The first-order valence-corrected chi connectivity index (χ1v) is 7.44. The number of amides is 1. The van der Waals surface area contributed by atoms with Gasteiger partial charge in [0.2, 0.25) is 0 Å². The minimum atomic E-state index is -0.878. The summed E-state index contributed by atoms with van der Waals surface area (Å²) >= 11 is 7.73. The molecule has 0 radical (unpaired) electrons. The molecule has 1 amide bonds. The van der Waals surface area contributed by atoms with E-state index in [1.165, 1.54) is 0 Å². The fraction of sp³-hybridized carbons (Fsp3) is 0. The number of nitrogens with zero attached hydrogens (tertiary/aromatic N) is 2. The van der Waals surface area contributed by atoms with E-state index < -0.39 is 32.2 Å². The number of benzene rings is 2. The lowest BCUT2D eigenvalue weighted by Crippen LogP contribution is -2.13. The molecule has 0 saturated heterocycles. The van der Waals surface area contributed by atoms with Crippen LogP contribution in [-0.2, 0) is 0 Å². The Kier molecular flexibility index (Phi) is 5.11. The smallest absolute Gasteiger partial charge is 0.295 e. The predicted octanol–water partition coefficient (Wildman–Crippen LogP) is 4.01. The molecule has 1 N–H and O–H groups in total. The average Bonchev–Trinajstić information content (AvgIpc) is 2.49. The van der Waals surface area contributed by atoms with E-state index in [4.69, 9.17) is 11.6 Å². The zero-order chi connectivity index (χ0) is 17.1. The van der Waals surface area contributed by atoms with Gasteiger partial charge >= 0.3 is 0 Å². The van der Waals surface area contributed by atoms with Gasteiger partial charge in [-0.15, -0.1) is 0 Å². The molecule has 0 unspecified atom stereocenters. The van der Waals surface area contributed by atoms with Crippen LogP contribution in [0, 0.1) is 23.8 Å². The molecular weight excluding hydrogens is 441 g/mol. The fourth-order valence-corrected chi connectivity index (χ4v) is 2.33. The molecule has 0 aliphatic heterocycles. The molecule has 0 aliphatic rings. The molecule has 8 nitrogen and oxygen atoms in total. The van der Waals surface area contributed by atoms with E-state index in [0.717, 1.165) is 15.7 Å². The average molecular weight is 448 g/mol. The third-order valence-corrected chi connectivity index (χ3v) is 3.90. The maximum absolute atomic E-state index is 12.2. The Balaban J connectivity index is 2.41. The van der Waals surface area contributed by atoms with Gasteiger partial charge in [0.15, 0.2) is 5.02 Å². The summed E-state index contributed by atoms with van der Waals surface area (Å²) in [6.07, 6.45) is 0. The van der Waals surface area contributed by atoms with Gasteiger partial charge in [0.1, 0.15) is 0 Å². The second-order valence-corrected chi connectivity index (χ2v) is 5.93. The predicted molar refractivity (Wildman–Crippen MR) is 91.9 cm³/mol. The van der Waals surface area contributed by atoms with E-state index >= 15 is 0 Å². The highest BCUT2D eigenvalue weighted by atomic mass is 127. The standard InChI is InChI=1S/C13H7ClIN3O5/c14-12-10(17(20)21)5-7(6-11(12)18(22)23)13(19)16-9-3-1-8(15)2-4-9/h1-6H,(H,16,19). The van der Waals surface area contributed by atoms with Gasteiger partial charge in [0, 0.05) is 21.4 Å². The Morgan fingerprint density at radius 3 is 1.96 bits per heavy atom. The molecule has 0 atom stereocenters. The molecule has 2 rings (SSSR count). The van der Waals surface area contributed by atoms with Gasteiger partial charge in [-0.05, 0) is 46.9 Å². The van der Waals surface area contributed by atoms with Gasteiger partial charge in [-0.2, -0.15) is 0 Å². The number of nitro benzene ring substituents is 2. The quantitative estimate of drug-likeness (QED) is 0.432. The van der Waals surface area contributed by atoms with Crippen molar-refractivity contribution in [1.82, 2.24) is 0 Å². The normalized spacial score (nSPS) is 10.2. The minimum Gasteiger partial charge on any atom is -0.322 e. The lowest BCUT2D eigenvalue weighted by atomic mass is 10.1. The van der Waals surface area contributed by atoms with E-state index in [9.17, 15) is 25.0 Å². The van der Waals surface area contributed by atoms with Crippen molar-refractivity contribution >= 4 is 57.2 Å². The topological polar surface area (TPSA) is 115 Å². The number of nitrogens with one attached hydrogen (secondary N) is 1. The van der Waals surface area contributed by atoms with E-state index in [2.05, 4.69) is 27.9 Å². The zero-order valence-corrected chi connectivity index (χ0v) is 14.1. The molecule has 0 fully saturated rings. The van der Waals surface area contributed by atoms with Crippen LogP contribution in [0.3, 0.4) is 0 Å². The van der Waals surface area contributed by atoms with Crippen molar-refractivity contribution in [3.63, 3.8) is 0 Å². The number of carbonyl (C=O) groups excluding carboxylic acids is 1. The summed E-state index contributed by atoms with van der Waals surface area (Å²) in [6, 6.07) is 8.58. The van der Waals surface area contributed by atoms with Crippen molar-refractivity contribution in [2.24, 2.45) is 0 Å². The molecule has 0 aliphatic carbocycles. The molecule has 2 aromatic carbocycles. The summed E-state index contributed by atoms with van der Waals surface area (Å²) in [4.78, 5) is 32.3. The monoisotopic (exact) mass is 447 g/mol. The Morgan fingerprint density at radius 1 is 1.04 bits per heavy atom. The van der Waals surface area contributed by atoms with Crippen LogP contribution in [-0.4, -0.2) is 15.8 Å². The van der Waals surface area contributed by atoms with Gasteiger partial charge in [0.05, 0.1) is 15.4 Å². The third-order valence-electron chi connectivity index (χ3n) is 2.79. The molecule has 0 aromatic heterocycles. The second-order valence-electron chi connectivity index (χ2n) is 4.30. The van der Waals surface area contributed by atoms with Gasteiger partial charge in [-0.3, -0.25) is 25.0 Å². The van der Waals surface area contributed by atoms with E-state index in [-0.39, 0.29) is 5.56 Å². The molecule has 0 bridgehead atoms. The Bertz CT molecular complexity index is 775. The summed E-state index contributed by atoms with van der Waals surface area (Å²) in [5.74, 6) is -0.714. The van der Waals surface area contributed by atoms with Gasteiger partial charge in [-0.25, -0.2) is 0 Å². The van der Waals surface area contributed by atoms with Gasteiger partial charge in [-0.1, -0.05) is 11.6 Å². The van der Waals surface area contributed by atoms with Crippen LogP contribution in [0.1, 0.15) is 10.4 Å². The van der Waals surface area contributed by atoms with Crippen molar-refractivity contribution in [2.75, 3.05) is 5.32 Å². The first-order chi connectivity index (χ1) is 10.8. The van der Waals surface area contributed by atoms with Crippen LogP contribution in [0.2, 0.25) is 5.02 Å². The van der Waals surface area contributed by atoms with Crippen molar-refractivity contribution in [3.8, 4) is 0 Å². The Morgan fingerprint density at radius 2 is 1.52 bits per heavy atom. The van der Waals surface area contributed by atoms with Crippen molar-refractivity contribution in [1.29, 1.82) is 0 Å². The van der Waals surface area contributed by atoms with Crippen LogP contribution in [0.15, 0.2) is 36.4 Å². The van der Waals surface area contributed by atoms with Gasteiger partial charge in [0.25, 0.3) is 17.3 Å². The Labute approximate surface area is 147 Å². The third kappa shape index (κ3) is 3.93. The van der Waals surface area contributed by atoms with Crippen LogP contribution < -0.4 is 5.32 Å². The summed E-state index contributed by atoms with van der Waals surface area (Å²) in [6.45, 7) is 0. The highest BCUT2D eigenvalue weighted by Gasteiger charge is 2.27. The number of rotatable bonds is 4. The molecule has 0 spiro atoms. The zero-order valence-electron chi connectivity index (χ0n) is 11.2. The SMILES string of the molecule is O=C(Nc1ccc(I)cc1)c1cc([N+](=O)[O-])c(Cl)c([N+](=O)[O-])c1. The highest BCUT2D eigenvalue weighted by Crippen LogP contribution is 2.35. The van der Waals surface area contributed by atoms with E-state index in [0.29, 0.717) is 5.69 Å². The lowest BCUT2D eigenvalue weighted by molar-refractivity contribution is -0.393. The minimum absolute atomic E-state index is 0.230. The molecular formula is C13H7ClIN3O5. The maximum Gasteiger partial charge on any atom is 0.295 e. The number of nitro groups is 2. The fourth-order valence-electron chi connectivity index (χ4n) is 1.73. The maximum atomic E-state index is 12.2. The molecule has 0 heterocycles. The first kappa shape index (κ1) is 17.1. The number of anilines is 1. The van der Waals surface area contributed by atoms with Crippen LogP contribution in [0.25, 0.3) is 0 Å². The van der Waals surface area contributed by atoms with E-state index in [1.54, 1.807) is 24.3 Å². The number of hydrogen-bond acceptors (Lipinski definition) is 5. The van der Waals surface area contributed by atoms with Crippen molar-refractivity contribution in [2.45, 2.75) is 0 Å². The van der Waals surface area contributed by atoms with Crippen LogP contribution in [0.5, 0.6) is 0 Å². The second kappa shape index (κ2) is 6.87. The molecule has 23 heavy (non-hydrogen) atoms. The van der Waals surface area contributed by atoms with Crippen molar-refractivity contribution < 1.29 is 14.6 Å². The number of hydrogen-bond donors (Lipinski definition) is 1. The molecule has 2 aromatic rings. The summed E-state index contributed by atoms with van der Waals surface area (Å²) in [7, 11) is 0. The lowest BCUT2D eigenvalue weighted by Gasteiger charge is -2.06. The molecule has 0 saturated carbocycles. The Hall–Kier alpha value is -2.27. The largest absolute Gasteiger partial charge is 0.322 e. The summed E-state index contributed by atoms with van der Waals surface area (Å²) in [5, 5.41) is 23.8.